The van der Waals surface area contributed by atoms with Crippen molar-refractivity contribution >= 4 is 11.6 Å². The number of rotatable bonds is 3. The molecule has 1 fully saturated rings. The van der Waals surface area contributed by atoms with Crippen LogP contribution in [0.25, 0.3) is 0 Å². The highest BCUT2D eigenvalue weighted by Crippen LogP contribution is 2.23. The molecule has 1 aromatic carbocycles. The molecule has 4 heteroatoms. The number of hydrogen-bond acceptors (Lipinski definition) is 3. The van der Waals surface area contributed by atoms with E-state index in [1.165, 1.54) is 0 Å². The highest BCUT2D eigenvalue weighted by Gasteiger charge is 2.29. The summed E-state index contributed by atoms with van der Waals surface area (Å²) in [5, 5.41) is 12.3. The molecule has 0 bridgehead atoms. The quantitative estimate of drug-likeness (QED) is 0.829. The van der Waals surface area contributed by atoms with Gasteiger partial charge in [0.25, 0.3) is 5.91 Å². The zero-order valence-corrected chi connectivity index (χ0v) is 10.0. The SMILES string of the molecule is CNc1ccccc1C(=O)N1CCC[C@@H]1CO. The fraction of sp³-hybridized carbons (Fsp3) is 0.462. The third-order valence-corrected chi connectivity index (χ3v) is 3.28. The van der Waals surface area contributed by atoms with Crippen LogP contribution < -0.4 is 5.32 Å². The molecule has 2 rings (SSSR count). The normalized spacial score (nSPS) is 19.4. The Hall–Kier alpha value is -1.55. The van der Waals surface area contributed by atoms with Crippen molar-refractivity contribution in [2.75, 3.05) is 25.5 Å². The van der Waals surface area contributed by atoms with Gasteiger partial charge in [0.15, 0.2) is 0 Å². The van der Waals surface area contributed by atoms with Crippen LogP contribution in [0.15, 0.2) is 24.3 Å². The van der Waals surface area contributed by atoms with Gasteiger partial charge in [0.05, 0.1) is 18.2 Å². The van der Waals surface area contributed by atoms with Gasteiger partial charge in [-0.3, -0.25) is 4.79 Å². The number of anilines is 1. The van der Waals surface area contributed by atoms with E-state index in [1.54, 1.807) is 11.9 Å². The van der Waals surface area contributed by atoms with Crippen molar-refractivity contribution in [3.63, 3.8) is 0 Å². The van der Waals surface area contributed by atoms with Gasteiger partial charge in [-0.25, -0.2) is 0 Å². The van der Waals surface area contributed by atoms with Crippen molar-refractivity contribution in [1.82, 2.24) is 4.90 Å². The van der Waals surface area contributed by atoms with E-state index in [9.17, 15) is 9.90 Å². The van der Waals surface area contributed by atoms with Gasteiger partial charge in [-0.15, -0.1) is 0 Å². The smallest absolute Gasteiger partial charge is 0.256 e. The average Bonchev–Trinajstić information content (AvgIpc) is 2.86. The van der Waals surface area contributed by atoms with Crippen LogP contribution >= 0.6 is 0 Å². The highest BCUT2D eigenvalue weighted by molar-refractivity contribution is 5.99. The van der Waals surface area contributed by atoms with Gasteiger partial charge in [0.2, 0.25) is 0 Å². The molecule has 1 amide bonds. The van der Waals surface area contributed by atoms with E-state index < -0.39 is 0 Å². The van der Waals surface area contributed by atoms with Crippen molar-refractivity contribution in [2.24, 2.45) is 0 Å². The number of aliphatic hydroxyl groups excluding tert-OH is 1. The number of carbonyl (C=O) groups excluding carboxylic acids is 1. The summed E-state index contributed by atoms with van der Waals surface area (Å²) in [6.07, 6.45) is 1.86. The van der Waals surface area contributed by atoms with Crippen LogP contribution in [-0.4, -0.2) is 42.2 Å². The Labute approximate surface area is 101 Å². The molecule has 1 aliphatic rings. The van der Waals surface area contributed by atoms with Crippen LogP contribution in [0.1, 0.15) is 23.2 Å². The second-order valence-corrected chi connectivity index (χ2v) is 4.27. The highest BCUT2D eigenvalue weighted by atomic mass is 16.3. The van der Waals surface area contributed by atoms with Gasteiger partial charge in [-0.2, -0.15) is 0 Å². The Kier molecular flexibility index (Phi) is 3.64. The van der Waals surface area contributed by atoms with E-state index in [0.29, 0.717) is 5.56 Å². The standard InChI is InChI=1S/C13H18N2O2/c1-14-12-7-3-2-6-11(12)13(17)15-8-4-5-10(15)9-16/h2-3,6-7,10,14,16H,4-5,8-9H2,1H3/t10-/m1/s1. The van der Waals surface area contributed by atoms with Crippen molar-refractivity contribution in [3.8, 4) is 0 Å². The minimum Gasteiger partial charge on any atom is -0.394 e. The third kappa shape index (κ3) is 2.26. The minimum absolute atomic E-state index is 0.00602. The number of para-hydroxylation sites is 1. The topological polar surface area (TPSA) is 52.6 Å². The Morgan fingerprint density at radius 2 is 2.29 bits per heavy atom. The number of carbonyl (C=O) groups is 1. The van der Waals surface area contributed by atoms with Gasteiger partial charge in [-0.1, -0.05) is 12.1 Å². The maximum atomic E-state index is 12.4. The Balaban J connectivity index is 2.24. The van der Waals surface area contributed by atoms with E-state index in [-0.39, 0.29) is 18.6 Å². The largest absolute Gasteiger partial charge is 0.394 e. The number of nitrogens with zero attached hydrogens (tertiary/aromatic N) is 1. The van der Waals surface area contributed by atoms with Gasteiger partial charge in [0.1, 0.15) is 0 Å². The summed E-state index contributed by atoms with van der Waals surface area (Å²) in [6.45, 7) is 0.787. The lowest BCUT2D eigenvalue weighted by molar-refractivity contribution is 0.0678. The number of hydrogen-bond donors (Lipinski definition) is 2. The fourth-order valence-electron chi connectivity index (χ4n) is 2.34. The molecule has 92 valence electrons. The Morgan fingerprint density at radius 3 is 3.00 bits per heavy atom. The van der Waals surface area contributed by atoms with Crippen molar-refractivity contribution in [3.05, 3.63) is 29.8 Å². The molecule has 0 saturated carbocycles. The summed E-state index contributed by atoms with van der Waals surface area (Å²) in [5.41, 5.74) is 1.51. The summed E-state index contributed by atoms with van der Waals surface area (Å²) in [6, 6.07) is 7.44. The first-order chi connectivity index (χ1) is 8.27. The lowest BCUT2D eigenvalue weighted by Gasteiger charge is -2.24. The molecule has 0 radical (unpaired) electrons. The molecule has 1 atom stereocenters. The summed E-state index contributed by atoms with van der Waals surface area (Å²) < 4.78 is 0. The van der Waals surface area contributed by atoms with E-state index >= 15 is 0 Å². The Bertz CT molecular complexity index is 406. The van der Waals surface area contributed by atoms with Gasteiger partial charge >= 0.3 is 0 Å². The second-order valence-electron chi connectivity index (χ2n) is 4.27. The first-order valence-corrected chi connectivity index (χ1v) is 5.96. The fourth-order valence-corrected chi connectivity index (χ4v) is 2.34. The van der Waals surface area contributed by atoms with Crippen LogP contribution in [0.2, 0.25) is 0 Å². The predicted molar refractivity (Wildman–Crippen MR) is 67.1 cm³/mol. The number of likely N-dealkylation sites (tertiary alicyclic amines) is 1. The van der Waals surface area contributed by atoms with E-state index in [4.69, 9.17) is 0 Å². The van der Waals surface area contributed by atoms with Crippen LogP contribution in [-0.2, 0) is 0 Å². The number of amides is 1. The van der Waals surface area contributed by atoms with E-state index in [0.717, 1.165) is 25.1 Å². The van der Waals surface area contributed by atoms with Gasteiger partial charge in [0, 0.05) is 19.3 Å². The molecular formula is C13H18N2O2. The molecule has 0 aromatic heterocycles. The lowest BCUT2D eigenvalue weighted by atomic mass is 10.1. The number of nitrogens with one attached hydrogen (secondary N) is 1. The van der Waals surface area contributed by atoms with Crippen molar-refractivity contribution in [2.45, 2.75) is 18.9 Å². The monoisotopic (exact) mass is 234 g/mol. The zero-order chi connectivity index (χ0) is 12.3. The second kappa shape index (κ2) is 5.19. The van der Waals surface area contributed by atoms with Crippen LogP contribution in [0.3, 0.4) is 0 Å². The molecule has 0 spiro atoms. The first kappa shape index (κ1) is 11.9. The summed E-state index contributed by atoms with van der Waals surface area (Å²) in [7, 11) is 1.81. The third-order valence-electron chi connectivity index (χ3n) is 3.28. The number of benzene rings is 1. The summed E-state index contributed by atoms with van der Waals surface area (Å²) in [4.78, 5) is 14.1. The predicted octanol–water partition coefficient (Wildman–Crippen LogP) is 1.33. The number of aliphatic hydroxyl groups is 1. The molecule has 0 aliphatic carbocycles. The van der Waals surface area contributed by atoms with Crippen LogP contribution in [0, 0.1) is 0 Å². The zero-order valence-electron chi connectivity index (χ0n) is 10.0. The summed E-state index contributed by atoms with van der Waals surface area (Å²) in [5.74, 6) is 0.00602. The molecule has 1 aliphatic heterocycles. The molecule has 2 N–H and O–H groups in total. The molecule has 1 saturated heterocycles. The first-order valence-electron chi connectivity index (χ1n) is 5.96. The maximum Gasteiger partial charge on any atom is 0.256 e. The summed E-state index contributed by atoms with van der Waals surface area (Å²) >= 11 is 0. The van der Waals surface area contributed by atoms with Gasteiger partial charge < -0.3 is 15.3 Å². The molecule has 0 unspecified atom stereocenters. The van der Waals surface area contributed by atoms with Crippen LogP contribution in [0.4, 0.5) is 5.69 Å². The van der Waals surface area contributed by atoms with E-state index in [2.05, 4.69) is 5.32 Å². The molecule has 17 heavy (non-hydrogen) atoms. The van der Waals surface area contributed by atoms with Crippen molar-refractivity contribution in [1.29, 1.82) is 0 Å². The molecule has 4 nitrogen and oxygen atoms in total. The van der Waals surface area contributed by atoms with E-state index in [1.807, 2.05) is 24.3 Å². The lowest BCUT2D eigenvalue weighted by Crippen LogP contribution is -2.37. The van der Waals surface area contributed by atoms with Crippen LogP contribution in [0.5, 0.6) is 0 Å². The molecule has 1 aromatic rings. The van der Waals surface area contributed by atoms with Gasteiger partial charge in [-0.05, 0) is 25.0 Å². The molecular weight excluding hydrogens is 216 g/mol. The minimum atomic E-state index is -0.0209. The Morgan fingerprint density at radius 1 is 1.53 bits per heavy atom. The van der Waals surface area contributed by atoms with Crippen molar-refractivity contribution < 1.29 is 9.90 Å². The maximum absolute atomic E-state index is 12.4. The average molecular weight is 234 g/mol. The molecule has 1 heterocycles.